The number of benzene rings is 1. The largest absolute Gasteiger partial charge is 0.465 e. The number of rotatable bonds is 4. The number of nitrogens with one attached hydrogen (secondary N) is 1. The van der Waals surface area contributed by atoms with Gasteiger partial charge in [-0.2, -0.15) is 0 Å². The third-order valence-electron chi connectivity index (χ3n) is 1.79. The summed E-state index contributed by atoms with van der Waals surface area (Å²) in [5.74, 6) is -0.827. The number of hydrogen-bond donors (Lipinski definition) is 2. The Balaban J connectivity index is 3.02. The molecule has 0 saturated heterocycles. The first-order valence-corrected chi connectivity index (χ1v) is 6.02. The van der Waals surface area contributed by atoms with Gasteiger partial charge in [-0.05, 0) is 18.2 Å². The van der Waals surface area contributed by atoms with Crippen LogP contribution in [0.1, 0.15) is 10.4 Å². The van der Waals surface area contributed by atoms with Gasteiger partial charge in [-0.3, -0.25) is 0 Å². The molecular weight excluding hydrogens is 254 g/mol. The first-order chi connectivity index (χ1) is 7.54. The van der Waals surface area contributed by atoms with E-state index in [1.54, 1.807) is 6.07 Å². The second-order valence-corrected chi connectivity index (χ2v) is 4.27. The number of carbonyl (C=O) groups is 1. The molecule has 0 atom stereocenters. The fourth-order valence-corrected chi connectivity index (χ4v) is 1.57. The van der Waals surface area contributed by atoms with Crippen molar-refractivity contribution in [3.8, 4) is 0 Å². The quantitative estimate of drug-likeness (QED) is 0.629. The van der Waals surface area contributed by atoms with Gasteiger partial charge in [0.05, 0.1) is 12.7 Å². The molecule has 0 unspecified atom stereocenters. The number of ether oxygens (including phenoxy) is 1. The Morgan fingerprint density at radius 3 is 2.75 bits per heavy atom. The summed E-state index contributed by atoms with van der Waals surface area (Å²) in [6.45, 7) is 0. The van der Waals surface area contributed by atoms with Gasteiger partial charge in [-0.1, -0.05) is 11.6 Å². The van der Waals surface area contributed by atoms with Crippen LogP contribution in [0.25, 0.3) is 0 Å². The van der Waals surface area contributed by atoms with E-state index < -0.39 is 16.7 Å². The zero-order chi connectivity index (χ0) is 12.1. The SMILES string of the molecule is COC(=O)c1cc(Cl)ccc1NC[SH](=O)=O. The van der Waals surface area contributed by atoms with Crippen molar-refractivity contribution < 1.29 is 17.9 Å². The van der Waals surface area contributed by atoms with Crippen LogP contribution in [-0.4, -0.2) is 27.4 Å². The third kappa shape index (κ3) is 3.39. The van der Waals surface area contributed by atoms with Crippen molar-refractivity contribution in [3.05, 3.63) is 28.8 Å². The summed E-state index contributed by atoms with van der Waals surface area (Å²) >= 11 is 5.73. The van der Waals surface area contributed by atoms with E-state index in [0.717, 1.165) is 0 Å². The molecule has 0 heterocycles. The molecule has 0 radical (unpaired) electrons. The Hall–Kier alpha value is -1.27. The normalized spacial score (nSPS) is 10.2. The molecule has 88 valence electrons. The van der Waals surface area contributed by atoms with E-state index in [1.807, 2.05) is 0 Å². The van der Waals surface area contributed by atoms with Gasteiger partial charge in [0.2, 0.25) is 0 Å². The molecule has 7 heteroatoms. The Morgan fingerprint density at radius 1 is 1.50 bits per heavy atom. The van der Waals surface area contributed by atoms with E-state index in [4.69, 9.17) is 11.6 Å². The first-order valence-electron chi connectivity index (χ1n) is 4.28. The van der Waals surface area contributed by atoms with Gasteiger partial charge in [0, 0.05) is 10.7 Å². The molecule has 1 rings (SSSR count). The minimum absolute atomic E-state index is 0.201. The average molecular weight is 264 g/mol. The number of thiol groups is 1. The zero-order valence-electron chi connectivity index (χ0n) is 8.40. The van der Waals surface area contributed by atoms with Gasteiger partial charge in [-0.25, -0.2) is 13.2 Å². The van der Waals surface area contributed by atoms with Crippen molar-refractivity contribution >= 4 is 34.0 Å². The molecule has 0 aliphatic heterocycles. The summed E-state index contributed by atoms with van der Waals surface area (Å²) < 4.78 is 25.4. The molecular formula is C9H10ClNO4S. The highest BCUT2D eigenvalue weighted by Gasteiger charge is 2.12. The van der Waals surface area contributed by atoms with Crippen LogP contribution < -0.4 is 5.32 Å². The summed E-state index contributed by atoms with van der Waals surface area (Å²) in [4.78, 5) is 11.4. The van der Waals surface area contributed by atoms with Gasteiger partial charge in [-0.15, -0.1) is 0 Å². The van der Waals surface area contributed by atoms with Gasteiger partial charge in [0.1, 0.15) is 5.88 Å². The summed E-state index contributed by atoms with van der Waals surface area (Å²) in [7, 11) is -1.33. The van der Waals surface area contributed by atoms with Crippen molar-refractivity contribution in [2.24, 2.45) is 0 Å². The summed E-state index contributed by atoms with van der Waals surface area (Å²) in [5.41, 5.74) is 0.572. The second-order valence-electron chi connectivity index (χ2n) is 2.85. The monoisotopic (exact) mass is 263 g/mol. The zero-order valence-corrected chi connectivity index (χ0v) is 10.0. The number of carbonyl (C=O) groups excluding carboxylic acids is 1. The molecule has 0 aromatic heterocycles. The molecule has 0 aliphatic carbocycles. The minimum Gasteiger partial charge on any atom is -0.465 e. The third-order valence-corrected chi connectivity index (χ3v) is 2.44. The maximum Gasteiger partial charge on any atom is 0.340 e. The number of halogens is 1. The highest BCUT2D eigenvalue weighted by molar-refractivity contribution is 7.72. The fourth-order valence-electron chi connectivity index (χ4n) is 1.10. The predicted molar refractivity (Wildman–Crippen MR) is 61.6 cm³/mol. The summed E-state index contributed by atoms with van der Waals surface area (Å²) in [5, 5.41) is 2.97. The average Bonchev–Trinajstić information content (AvgIpc) is 2.26. The number of esters is 1. The second kappa shape index (κ2) is 5.72. The molecule has 0 saturated carbocycles. The molecule has 0 bridgehead atoms. The lowest BCUT2D eigenvalue weighted by atomic mass is 10.2. The van der Waals surface area contributed by atoms with Gasteiger partial charge < -0.3 is 10.1 Å². The molecule has 1 aromatic rings. The van der Waals surface area contributed by atoms with Crippen LogP contribution in [0.3, 0.4) is 0 Å². The Kier molecular flexibility index (Phi) is 4.57. The van der Waals surface area contributed by atoms with Crippen molar-refractivity contribution in [1.29, 1.82) is 0 Å². The first kappa shape index (κ1) is 12.8. The lowest BCUT2D eigenvalue weighted by molar-refractivity contribution is 0.0602. The lowest BCUT2D eigenvalue weighted by Crippen LogP contribution is -2.09. The smallest absolute Gasteiger partial charge is 0.340 e. The van der Waals surface area contributed by atoms with E-state index >= 15 is 0 Å². The van der Waals surface area contributed by atoms with Gasteiger partial charge in [0.15, 0.2) is 10.7 Å². The van der Waals surface area contributed by atoms with Crippen LogP contribution in [-0.2, 0) is 15.4 Å². The van der Waals surface area contributed by atoms with E-state index in [9.17, 15) is 13.2 Å². The molecule has 5 nitrogen and oxygen atoms in total. The van der Waals surface area contributed by atoms with Crippen LogP contribution in [0.15, 0.2) is 18.2 Å². The maximum atomic E-state index is 11.4. The predicted octanol–water partition coefficient (Wildman–Crippen LogP) is 1.11. The lowest BCUT2D eigenvalue weighted by Gasteiger charge is -2.08. The van der Waals surface area contributed by atoms with Crippen LogP contribution >= 0.6 is 11.6 Å². The van der Waals surface area contributed by atoms with Crippen molar-refractivity contribution in [3.63, 3.8) is 0 Å². The Labute approximate surface area is 99.3 Å². The van der Waals surface area contributed by atoms with Gasteiger partial charge >= 0.3 is 5.97 Å². The van der Waals surface area contributed by atoms with Crippen LogP contribution in [0.2, 0.25) is 5.02 Å². The Bertz CT molecular complexity index is 465. The van der Waals surface area contributed by atoms with Crippen molar-refractivity contribution in [1.82, 2.24) is 0 Å². The van der Waals surface area contributed by atoms with E-state index in [1.165, 1.54) is 19.2 Å². The highest BCUT2D eigenvalue weighted by Crippen LogP contribution is 2.21. The van der Waals surface area contributed by atoms with E-state index in [-0.39, 0.29) is 11.4 Å². The number of methoxy groups -OCH3 is 1. The molecule has 16 heavy (non-hydrogen) atoms. The fraction of sp³-hybridized carbons (Fsp3) is 0.222. The summed E-state index contributed by atoms with van der Waals surface area (Å²) in [6.07, 6.45) is 0. The standard InChI is InChI=1S/C9H10ClNO4S/c1-15-9(12)7-4-6(10)2-3-8(7)11-5-16(13)14/h2-4,11,16H,5H2,1H3. The van der Waals surface area contributed by atoms with Crippen LogP contribution in [0, 0.1) is 0 Å². The maximum absolute atomic E-state index is 11.4. The van der Waals surface area contributed by atoms with Gasteiger partial charge in [0.25, 0.3) is 0 Å². The molecule has 0 amide bonds. The topological polar surface area (TPSA) is 72.5 Å². The Morgan fingerprint density at radius 2 is 2.19 bits per heavy atom. The highest BCUT2D eigenvalue weighted by atomic mass is 35.5. The number of anilines is 1. The van der Waals surface area contributed by atoms with E-state index in [2.05, 4.69) is 10.1 Å². The van der Waals surface area contributed by atoms with Crippen molar-refractivity contribution in [2.45, 2.75) is 0 Å². The summed E-state index contributed by atoms with van der Waals surface area (Å²) in [6, 6.07) is 4.48. The molecule has 0 fully saturated rings. The van der Waals surface area contributed by atoms with Crippen molar-refractivity contribution in [2.75, 3.05) is 18.3 Å². The molecule has 0 aliphatic rings. The number of hydrogen-bond acceptors (Lipinski definition) is 5. The minimum atomic E-state index is -2.56. The van der Waals surface area contributed by atoms with E-state index in [0.29, 0.717) is 10.7 Å². The van der Waals surface area contributed by atoms with Crippen LogP contribution in [0.5, 0.6) is 0 Å². The molecule has 1 N–H and O–H groups in total. The van der Waals surface area contributed by atoms with Crippen LogP contribution in [0.4, 0.5) is 5.69 Å². The molecule has 1 aromatic carbocycles. The molecule has 0 spiro atoms.